The number of aromatic nitrogens is 1. The van der Waals surface area contributed by atoms with E-state index in [-0.39, 0.29) is 0 Å². The largest absolute Gasteiger partial charge is 0.492 e. The van der Waals surface area contributed by atoms with E-state index in [1.54, 1.807) is 0 Å². The zero-order valence-electron chi connectivity index (χ0n) is 12.3. The maximum atomic E-state index is 6.31. The summed E-state index contributed by atoms with van der Waals surface area (Å²) >= 11 is 0. The Morgan fingerprint density at radius 3 is 2.86 bits per heavy atom. The first-order valence-electron chi connectivity index (χ1n) is 7.49. The number of nitrogens with zero attached hydrogens (tertiary/aromatic N) is 2. The van der Waals surface area contributed by atoms with Crippen LogP contribution in [0.2, 0.25) is 0 Å². The number of rotatable bonds is 4. The minimum atomic E-state index is 0.368. The molecule has 110 valence electrons. The highest BCUT2D eigenvalue weighted by Gasteiger charge is 2.28. The third-order valence-corrected chi connectivity index (χ3v) is 4.00. The molecule has 1 fully saturated rings. The number of nitrogens with two attached hydrogens (primary N) is 1. The fraction of sp³-hybridized carbons (Fsp3) is 0.353. The second kappa shape index (κ2) is 6.04. The van der Waals surface area contributed by atoms with Crippen molar-refractivity contribution in [3.05, 3.63) is 48.3 Å². The fourth-order valence-corrected chi connectivity index (χ4v) is 3.05. The van der Waals surface area contributed by atoms with Crippen LogP contribution in [-0.4, -0.2) is 18.1 Å². The van der Waals surface area contributed by atoms with E-state index in [0.29, 0.717) is 12.6 Å². The number of hydrogen-bond donors (Lipinski definition) is 1. The van der Waals surface area contributed by atoms with Gasteiger partial charge in [-0.2, -0.15) is 0 Å². The molecule has 1 aromatic carbocycles. The van der Waals surface area contributed by atoms with Crippen molar-refractivity contribution in [3.63, 3.8) is 0 Å². The smallest absolute Gasteiger partial charge is 0.144 e. The molecule has 1 aliphatic rings. The molecule has 21 heavy (non-hydrogen) atoms. The van der Waals surface area contributed by atoms with Crippen LogP contribution in [0.4, 0.5) is 11.4 Å². The SMILES string of the molecule is CCOc1cccc(N2CCCC2c2ccncc2)c1N. The second-order valence-electron chi connectivity index (χ2n) is 5.25. The molecule has 0 saturated carbocycles. The lowest BCUT2D eigenvalue weighted by Crippen LogP contribution is -2.23. The highest BCUT2D eigenvalue weighted by atomic mass is 16.5. The van der Waals surface area contributed by atoms with Gasteiger partial charge in [0, 0.05) is 18.9 Å². The average molecular weight is 283 g/mol. The monoisotopic (exact) mass is 283 g/mol. The number of nitrogen functional groups attached to an aromatic ring is 1. The summed E-state index contributed by atoms with van der Waals surface area (Å²) in [6.45, 7) is 3.62. The van der Waals surface area contributed by atoms with Crippen LogP contribution in [0.15, 0.2) is 42.7 Å². The van der Waals surface area contributed by atoms with Crippen LogP contribution < -0.4 is 15.4 Å². The molecule has 0 spiro atoms. The van der Waals surface area contributed by atoms with Gasteiger partial charge in [0.1, 0.15) is 5.75 Å². The highest BCUT2D eigenvalue weighted by Crippen LogP contribution is 2.41. The molecule has 2 heterocycles. The Morgan fingerprint density at radius 2 is 2.10 bits per heavy atom. The molecule has 2 N–H and O–H groups in total. The Hall–Kier alpha value is -2.23. The third-order valence-electron chi connectivity index (χ3n) is 4.00. The number of pyridine rings is 1. The molecule has 4 nitrogen and oxygen atoms in total. The molecule has 1 atom stereocenters. The van der Waals surface area contributed by atoms with Crippen LogP contribution >= 0.6 is 0 Å². The van der Waals surface area contributed by atoms with Crippen molar-refractivity contribution >= 4 is 11.4 Å². The van der Waals surface area contributed by atoms with Gasteiger partial charge in [-0.15, -0.1) is 0 Å². The maximum absolute atomic E-state index is 6.31. The summed E-state index contributed by atoms with van der Waals surface area (Å²) in [6.07, 6.45) is 6.02. The van der Waals surface area contributed by atoms with Gasteiger partial charge in [-0.25, -0.2) is 0 Å². The lowest BCUT2D eigenvalue weighted by Gasteiger charge is -2.29. The zero-order chi connectivity index (χ0) is 14.7. The standard InChI is InChI=1S/C17H21N3O/c1-2-21-16-7-3-5-15(17(16)18)20-12-4-6-14(20)13-8-10-19-11-9-13/h3,5,7-11,14H,2,4,6,12,18H2,1H3. The molecule has 0 aliphatic carbocycles. The first-order valence-corrected chi connectivity index (χ1v) is 7.49. The number of benzene rings is 1. The van der Waals surface area contributed by atoms with Gasteiger partial charge in [0.05, 0.1) is 24.0 Å². The summed E-state index contributed by atoms with van der Waals surface area (Å²) in [4.78, 5) is 6.49. The summed E-state index contributed by atoms with van der Waals surface area (Å²) in [5, 5.41) is 0. The molecular weight excluding hydrogens is 262 g/mol. The van der Waals surface area contributed by atoms with E-state index in [0.717, 1.165) is 30.1 Å². The molecule has 1 aromatic heterocycles. The molecular formula is C17H21N3O. The van der Waals surface area contributed by atoms with E-state index < -0.39 is 0 Å². The van der Waals surface area contributed by atoms with Crippen molar-refractivity contribution in [1.82, 2.24) is 4.98 Å². The lowest BCUT2D eigenvalue weighted by atomic mass is 10.1. The first-order chi connectivity index (χ1) is 10.3. The lowest BCUT2D eigenvalue weighted by molar-refractivity contribution is 0.342. The number of anilines is 2. The zero-order valence-corrected chi connectivity index (χ0v) is 12.3. The van der Waals surface area contributed by atoms with E-state index in [9.17, 15) is 0 Å². The minimum Gasteiger partial charge on any atom is -0.492 e. The molecule has 0 bridgehead atoms. The van der Waals surface area contributed by atoms with Crippen molar-refractivity contribution < 1.29 is 4.74 Å². The molecule has 0 amide bonds. The summed E-state index contributed by atoms with van der Waals surface area (Å²) < 4.78 is 5.62. The number of ether oxygens (including phenoxy) is 1. The Bertz CT molecular complexity index is 600. The predicted octanol–water partition coefficient (Wildman–Crippen LogP) is 3.40. The van der Waals surface area contributed by atoms with Gasteiger partial charge >= 0.3 is 0 Å². The van der Waals surface area contributed by atoms with Crippen LogP contribution in [0.1, 0.15) is 31.4 Å². The van der Waals surface area contributed by atoms with Crippen molar-refractivity contribution in [2.45, 2.75) is 25.8 Å². The van der Waals surface area contributed by atoms with Crippen molar-refractivity contribution in [2.75, 3.05) is 23.8 Å². The Morgan fingerprint density at radius 1 is 1.29 bits per heavy atom. The fourth-order valence-electron chi connectivity index (χ4n) is 3.05. The summed E-state index contributed by atoms with van der Waals surface area (Å²) in [7, 11) is 0. The van der Waals surface area contributed by atoms with Gasteiger partial charge in [-0.1, -0.05) is 6.07 Å². The molecule has 0 radical (unpaired) electrons. The Kier molecular flexibility index (Phi) is 3.95. The normalized spacial score (nSPS) is 18.0. The van der Waals surface area contributed by atoms with E-state index in [2.05, 4.69) is 28.1 Å². The maximum Gasteiger partial charge on any atom is 0.144 e. The van der Waals surface area contributed by atoms with Crippen LogP contribution in [-0.2, 0) is 0 Å². The third kappa shape index (κ3) is 2.66. The van der Waals surface area contributed by atoms with Crippen LogP contribution in [0.3, 0.4) is 0 Å². The van der Waals surface area contributed by atoms with Crippen molar-refractivity contribution in [3.8, 4) is 5.75 Å². The van der Waals surface area contributed by atoms with Gasteiger partial charge in [0.25, 0.3) is 0 Å². The first kappa shape index (κ1) is 13.7. The summed E-state index contributed by atoms with van der Waals surface area (Å²) in [5.41, 5.74) is 9.41. The second-order valence-corrected chi connectivity index (χ2v) is 5.25. The topological polar surface area (TPSA) is 51.4 Å². The summed E-state index contributed by atoms with van der Waals surface area (Å²) in [5.74, 6) is 0.773. The summed E-state index contributed by atoms with van der Waals surface area (Å²) in [6, 6.07) is 10.6. The van der Waals surface area contributed by atoms with Crippen LogP contribution in [0, 0.1) is 0 Å². The number of para-hydroxylation sites is 1. The van der Waals surface area contributed by atoms with Gasteiger partial charge in [0.15, 0.2) is 0 Å². The van der Waals surface area contributed by atoms with Gasteiger partial charge in [0.2, 0.25) is 0 Å². The van der Waals surface area contributed by atoms with Gasteiger partial charge in [-0.05, 0) is 49.6 Å². The van der Waals surface area contributed by atoms with Gasteiger partial charge in [-0.3, -0.25) is 4.98 Å². The molecule has 3 rings (SSSR count). The average Bonchev–Trinajstić information content (AvgIpc) is 3.00. The molecule has 1 unspecified atom stereocenters. The highest BCUT2D eigenvalue weighted by molar-refractivity contribution is 5.75. The molecule has 2 aromatic rings. The van der Waals surface area contributed by atoms with Crippen molar-refractivity contribution in [2.24, 2.45) is 0 Å². The van der Waals surface area contributed by atoms with E-state index in [1.165, 1.54) is 12.0 Å². The van der Waals surface area contributed by atoms with Gasteiger partial charge < -0.3 is 15.4 Å². The molecule has 4 heteroatoms. The Labute approximate surface area is 125 Å². The van der Waals surface area contributed by atoms with E-state index in [1.807, 2.05) is 31.5 Å². The number of hydrogen-bond acceptors (Lipinski definition) is 4. The predicted molar refractivity (Wildman–Crippen MR) is 85.6 cm³/mol. The van der Waals surface area contributed by atoms with E-state index in [4.69, 9.17) is 10.5 Å². The minimum absolute atomic E-state index is 0.368. The Balaban J connectivity index is 1.94. The van der Waals surface area contributed by atoms with Crippen LogP contribution in [0.25, 0.3) is 0 Å². The van der Waals surface area contributed by atoms with E-state index >= 15 is 0 Å². The van der Waals surface area contributed by atoms with Crippen molar-refractivity contribution in [1.29, 1.82) is 0 Å². The molecule has 1 saturated heterocycles. The van der Waals surface area contributed by atoms with Crippen LogP contribution in [0.5, 0.6) is 5.75 Å². The molecule has 1 aliphatic heterocycles. The quantitative estimate of drug-likeness (QED) is 0.874.